The number of hydrogen-bond donors (Lipinski definition) is 2. The molecule has 1 amide bonds. The normalized spacial score (nSPS) is 11.5. The maximum atomic E-state index is 12.7. The number of ether oxygens (including phenoxy) is 2. The first-order valence-corrected chi connectivity index (χ1v) is 8.56. The minimum atomic E-state index is -1.07. The molecule has 0 radical (unpaired) electrons. The minimum Gasteiger partial charge on any atom is -0.465 e. The van der Waals surface area contributed by atoms with Gasteiger partial charge in [0.15, 0.2) is 6.10 Å². The Balaban J connectivity index is 2.13. The number of aromatic amines is 1. The van der Waals surface area contributed by atoms with Gasteiger partial charge in [0, 0.05) is 18.3 Å². The van der Waals surface area contributed by atoms with Gasteiger partial charge in [0.1, 0.15) is 0 Å². The van der Waals surface area contributed by atoms with Gasteiger partial charge in [0.05, 0.1) is 23.9 Å². The molecule has 0 spiro atoms. The van der Waals surface area contributed by atoms with E-state index in [1.807, 2.05) is 0 Å². The predicted molar refractivity (Wildman–Crippen MR) is 102 cm³/mol. The largest absolute Gasteiger partial charge is 0.465 e. The Bertz CT molecular complexity index is 927. The molecule has 0 aliphatic rings. The van der Waals surface area contributed by atoms with E-state index in [-0.39, 0.29) is 22.7 Å². The standard InChI is InChI=1S/C20H22N2O6/c1-10-16(20(26)27-5)11(2)21-17(10)18(24)12(3)28-19(25)14-6-8-15(9-7-14)22-13(4)23/h6-9,12,21H,1-5H3,(H,22,23)/t12-/m0/s1. The van der Waals surface area contributed by atoms with Gasteiger partial charge in [-0.1, -0.05) is 0 Å². The molecule has 1 aromatic carbocycles. The smallest absolute Gasteiger partial charge is 0.339 e. The zero-order valence-corrected chi connectivity index (χ0v) is 16.3. The number of Topliss-reactive ketones (excluding diaryl/α,β-unsaturated/α-hetero) is 1. The molecule has 0 fully saturated rings. The number of ketones is 1. The molecule has 28 heavy (non-hydrogen) atoms. The number of carbonyl (C=O) groups excluding carboxylic acids is 4. The molecule has 0 saturated carbocycles. The Morgan fingerprint density at radius 1 is 1.04 bits per heavy atom. The van der Waals surface area contributed by atoms with Crippen LogP contribution in [0.1, 0.15) is 56.3 Å². The molecule has 2 rings (SSSR count). The summed E-state index contributed by atoms with van der Waals surface area (Å²) < 4.78 is 9.98. The maximum Gasteiger partial charge on any atom is 0.339 e. The fourth-order valence-corrected chi connectivity index (χ4v) is 2.78. The minimum absolute atomic E-state index is 0.194. The van der Waals surface area contributed by atoms with E-state index in [0.717, 1.165) is 0 Å². The molecule has 1 aromatic heterocycles. The average Bonchev–Trinajstić information content (AvgIpc) is 2.94. The van der Waals surface area contributed by atoms with Crippen molar-refractivity contribution in [3.8, 4) is 0 Å². The van der Waals surface area contributed by atoms with E-state index in [4.69, 9.17) is 9.47 Å². The summed E-state index contributed by atoms with van der Waals surface area (Å²) >= 11 is 0. The van der Waals surface area contributed by atoms with Gasteiger partial charge in [-0.2, -0.15) is 0 Å². The summed E-state index contributed by atoms with van der Waals surface area (Å²) in [5.41, 5.74) is 2.21. The van der Waals surface area contributed by atoms with Gasteiger partial charge in [-0.15, -0.1) is 0 Å². The number of hydrogen-bond acceptors (Lipinski definition) is 6. The van der Waals surface area contributed by atoms with Gasteiger partial charge in [0.25, 0.3) is 0 Å². The Labute approximate surface area is 162 Å². The lowest BCUT2D eigenvalue weighted by Crippen LogP contribution is -2.25. The van der Waals surface area contributed by atoms with Gasteiger partial charge < -0.3 is 19.8 Å². The number of aromatic nitrogens is 1. The van der Waals surface area contributed by atoms with E-state index in [9.17, 15) is 19.2 Å². The van der Waals surface area contributed by atoms with Gasteiger partial charge >= 0.3 is 11.9 Å². The van der Waals surface area contributed by atoms with Crippen molar-refractivity contribution < 1.29 is 28.7 Å². The molecule has 8 nitrogen and oxygen atoms in total. The first-order chi connectivity index (χ1) is 13.1. The van der Waals surface area contributed by atoms with Gasteiger partial charge in [0.2, 0.25) is 11.7 Å². The van der Waals surface area contributed by atoms with Crippen LogP contribution in [0, 0.1) is 13.8 Å². The van der Waals surface area contributed by atoms with Crippen molar-refractivity contribution in [3.63, 3.8) is 0 Å². The van der Waals surface area contributed by atoms with Crippen LogP contribution in [0.5, 0.6) is 0 Å². The summed E-state index contributed by atoms with van der Waals surface area (Å²) in [5.74, 6) is -1.91. The fraction of sp³-hybridized carbons (Fsp3) is 0.300. The zero-order valence-electron chi connectivity index (χ0n) is 16.3. The molecule has 0 saturated heterocycles. The summed E-state index contributed by atoms with van der Waals surface area (Å²) in [6.07, 6.45) is -1.07. The van der Waals surface area contributed by atoms with E-state index in [2.05, 4.69) is 10.3 Å². The van der Waals surface area contributed by atoms with Crippen LogP contribution in [0.2, 0.25) is 0 Å². The van der Waals surface area contributed by atoms with E-state index in [0.29, 0.717) is 16.9 Å². The van der Waals surface area contributed by atoms with Crippen molar-refractivity contribution >= 4 is 29.3 Å². The third-order valence-corrected chi connectivity index (χ3v) is 4.17. The third kappa shape index (κ3) is 4.46. The van der Waals surface area contributed by atoms with Gasteiger partial charge in [-0.25, -0.2) is 9.59 Å². The quantitative estimate of drug-likeness (QED) is 0.583. The number of esters is 2. The molecule has 1 heterocycles. The molecule has 0 aliphatic carbocycles. The molecule has 0 unspecified atom stereocenters. The van der Waals surface area contributed by atoms with Crippen molar-refractivity contribution in [2.75, 3.05) is 12.4 Å². The summed E-state index contributed by atoms with van der Waals surface area (Å²) in [5, 5.41) is 2.59. The fourth-order valence-electron chi connectivity index (χ4n) is 2.78. The van der Waals surface area contributed by atoms with Crippen LogP contribution in [-0.2, 0) is 14.3 Å². The second-order valence-corrected chi connectivity index (χ2v) is 6.29. The molecule has 2 aromatic rings. The highest BCUT2D eigenvalue weighted by Crippen LogP contribution is 2.21. The lowest BCUT2D eigenvalue weighted by molar-refractivity contribution is -0.114. The molecule has 1 atom stereocenters. The first-order valence-electron chi connectivity index (χ1n) is 8.56. The number of rotatable bonds is 6. The Morgan fingerprint density at radius 2 is 1.64 bits per heavy atom. The number of benzene rings is 1. The average molecular weight is 386 g/mol. The van der Waals surface area contributed by atoms with Gasteiger partial charge in [-0.3, -0.25) is 9.59 Å². The molecule has 0 bridgehead atoms. The molecular weight excluding hydrogens is 364 g/mol. The number of carbonyl (C=O) groups is 4. The third-order valence-electron chi connectivity index (χ3n) is 4.17. The number of amides is 1. The number of aryl methyl sites for hydroxylation is 1. The van der Waals surface area contributed by atoms with Crippen molar-refractivity contribution in [1.29, 1.82) is 0 Å². The van der Waals surface area contributed by atoms with Crippen molar-refractivity contribution in [2.45, 2.75) is 33.8 Å². The van der Waals surface area contributed by atoms with Crippen LogP contribution < -0.4 is 5.32 Å². The summed E-state index contributed by atoms with van der Waals surface area (Å²) in [6.45, 7) is 6.12. The van der Waals surface area contributed by atoms with Crippen LogP contribution in [0.3, 0.4) is 0 Å². The molecular formula is C20H22N2O6. The highest BCUT2D eigenvalue weighted by molar-refractivity contribution is 6.04. The molecule has 2 N–H and O–H groups in total. The SMILES string of the molecule is COC(=O)c1c(C)[nH]c(C(=O)[C@H](C)OC(=O)c2ccc(NC(C)=O)cc2)c1C. The lowest BCUT2D eigenvalue weighted by Gasteiger charge is -2.12. The summed E-state index contributed by atoms with van der Waals surface area (Å²) in [7, 11) is 1.26. The van der Waals surface area contributed by atoms with Crippen LogP contribution >= 0.6 is 0 Å². The Hall–Kier alpha value is -3.42. The van der Waals surface area contributed by atoms with E-state index in [1.165, 1.54) is 33.1 Å². The van der Waals surface area contributed by atoms with E-state index in [1.54, 1.807) is 26.0 Å². The highest BCUT2D eigenvalue weighted by Gasteiger charge is 2.27. The maximum absolute atomic E-state index is 12.7. The van der Waals surface area contributed by atoms with E-state index >= 15 is 0 Å². The topological polar surface area (TPSA) is 115 Å². The molecule has 148 valence electrons. The summed E-state index contributed by atoms with van der Waals surface area (Å²) in [6, 6.07) is 6.10. The number of methoxy groups -OCH3 is 1. The Kier molecular flexibility index (Phi) is 6.35. The number of H-pyrrole nitrogens is 1. The predicted octanol–water partition coefficient (Wildman–Crippen LogP) is 2.80. The van der Waals surface area contributed by atoms with Crippen LogP contribution in [0.15, 0.2) is 24.3 Å². The van der Waals surface area contributed by atoms with E-state index < -0.39 is 23.8 Å². The van der Waals surface area contributed by atoms with Crippen molar-refractivity contribution in [3.05, 3.63) is 52.3 Å². The van der Waals surface area contributed by atoms with Crippen LogP contribution in [-0.4, -0.2) is 41.8 Å². The second kappa shape index (κ2) is 8.51. The highest BCUT2D eigenvalue weighted by atomic mass is 16.5. The zero-order chi connectivity index (χ0) is 21.0. The monoisotopic (exact) mass is 386 g/mol. The number of anilines is 1. The summed E-state index contributed by atoms with van der Waals surface area (Å²) in [4.78, 5) is 50.7. The van der Waals surface area contributed by atoms with Crippen LogP contribution in [0.25, 0.3) is 0 Å². The number of nitrogens with one attached hydrogen (secondary N) is 2. The molecule has 0 aliphatic heterocycles. The molecule has 8 heteroatoms. The van der Waals surface area contributed by atoms with Crippen molar-refractivity contribution in [1.82, 2.24) is 4.98 Å². The Morgan fingerprint density at radius 3 is 2.18 bits per heavy atom. The lowest BCUT2D eigenvalue weighted by atomic mass is 10.1. The van der Waals surface area contributed by atoms with Crippen LogP contribution in [0.4, 0.5) is 5.69 Å². The first kappa shape index (κ1) is 20.9. The van der Waals surface area contributed by atoms with Gasteiger partial charge in [-0.05, 0) is 50.6 Å². The second-order valence-electron chi connectivity index (χ2n) is 6.29. The van der Waals surface area contributed by atoms with Crippen molar-refractivity contribution in [2.24, 2.45) is 0 Å².